The molecule has 49 valence electrons. The lowest BCUT2D eigenvalue weighted by atomic mass is 10.2. The van der Waals surface area contributed by atoms with Crippen LogP contribution < -0.4 is 0 Å². The molecule has 9 heavy (non-hydrogen) atoms. The highest BCUT2D eigenvalue weighted by Crippen LogP contribution is 2.11. The summed E-state index contributed by atoms with van der Waals surface area (Å²) in [5, 5.41) is 0. The zero-order valence-electron chi connectivity index (χ0n) is 5.63. The van der Waals surface area contributed by atoms with Crippen molar-refractivity contribution in [2.75, 3.05) is 0 Å². The molecule has 1 radical (unpaired) electrons. The van der Waals surface area contributed by atoms with Crippen molar-refractivity contribution in [3.8, 4) is 0 Å². The molecular weight excluding hydrogens is 112 g/mol. The monoisotopic (exact) mass is 123 g/mol. The van der Waals surface area contributed by atoms with Gasteiger partial charge in [-0.2, -0.15) is 0 Å². The molecule has 1 rings (SSSR count). The lowest BCUT2D eigenvalue weighted by Gasteiger charge is -2.06. The molecule has 1 aliphatic rings. The van der Waals surface area contributed by atoms with Gasteiger partial charge in [-0.25, -0.2) is 0 Å². The molecule has 1 nitrogen and oxygen atoms in total. The van der Waals surface area contributed by atoms with Crippen molar-refractivity contribution in [3.05, 3.63) is 30.6 Å². The van der Waals surface area contributed by atoms with Gasteiger partial charge in [-0.1, -0.05) is 6.92 Å². The van der Waals surface area contributed by atoms with Gasteiger partial charge in [0.15, 0.2) is 0 Å². The first-order valence-corrected chi connectivity index (χ1v) is 3.28. The minimum absolute atomic E-state index is 1.00. The summed E-state index contributed by atoms with van der Waals surface area (Å²) >= 11 is 0. The Balaban J connectivity index is 2.32. The minimum atomic E-state index is 1.00. The smallest absolute Gasteiger partial charge is 0.103 e. The van der Waals surface area contributed by atoms with E-state index in [9.17, 15) is 0 Å². The van der Waals surface area contributed by atoms with E-state index in [2.05, 4.69) is 19.4 Å². The molecule has 0 fully saturated rings. The van der Waals surface area contributed by atoms with E-state index in [1.165, 1.54) is 0 Å². The van der Waals surface area contributed by atoms with Crippen molar-refractivity contribution in [1.82, 2.24) is 0 Å². The van der Waals surface area contributed by atoms with Gasteiger partial charge in [-0.3, -0.25) is 0 Å². The van der Waals surface area contributed by atoms with Gasteiger partial charge in [-0.05, 0) is 25.0 Å². The Morgan fingerprint density at radius 1 is 1.78 bits per heavy atom. The zero-order valence-corrected chi connectivity index (χ0v) is 5.63. The first kappa shape index (κ1) is 6.40. The van der Waals surface area contributed by atoms with Gasteiger partial charge in [0.2, 0.25) is 0 Å². The Kier molecular flexibility index (Phi) is 2.37. The summed E-state index contributed by atoms with van der Waals surface area (Å²) in [4.78, 5) is 0. The van der Waals surface area contributed by atoms with Gasteiger partial charge in [0.05, 0.1) is 6.26 Å². The molecule has 0 amide bonds. The third-order valence-electron chi connectivity index (χ3n) is 1.16. The fourth-order valence-electron chi connectivity index (χ4n) is 0.747. The van der Waals surface area contributed by atoms with Crippen molar-refractivity contribution in [1.29, 1.82) is 0 Å². The molecule has 1 aliphatic heterocycles. The van der Waals surface area contributed by atoms with Crippen molar-refractivity contribution in [3.63, 3.8) is 0 Å². The Morgan fingerprint density at radius 2 is 2.67 bits per heavy atom. The molecule has 0 atom stereocenters. The molecule has 0 unspecified atom stereocenters. The van der Waals surface area contributed by atoms with Gasteiger partial charge in [-0.15, -0.1) is 0 Å². The fourth-order valence-corrected chi connectivity index (χ4v) is 0.747. The second-order valence-corrected chi connectivity index (χ2v) is 1.94. The van der Waals surface area contributed by atoms with Crippen LogP contribution in [0.25, 0.3) is 0 Å². The quantitative estimate of drug-likeness (QED) is 0.548. The maximum atomic E-state index is 5.14. The van der Waals surface area contributed by atoms with Crippen LogP contribution in [0.15, 0.2) is 24.2 Å². The van der Waals surface area contributed by atoms with Crippen LogP contribution in [0.1, 0.15) is 19.8 Å². The van der Waals surface area contributed by atoms with E-state index in [-0.39, 0.29) is 0 Å². The SMILES string of the molecule is CC[CH]C1=CCC=CO1. The summed E-state index contributed by atoms with van der Waals surface area (Å²) in [5.74, 6) is 1.00. The third kappa shape index (κ3) is 1.92. The second-order valence-electron chi connectivity index (χ2n) is 1.94. The first-order chi connectivity index (χ1) is 4.43. The number of hydrogen-bond acceptors (Lipinski definition) is 1. The van der Waals surface area contributed by atoms with E-state index >= 15 is 0 Å². The largest absolute Gasteiger partial charge is 0.470 e. The van der Waals surface area contributed by atoms with Crippen molar-refractivity contribution >= 4 is 0 Å². The fraction of sp³-hybridized carbons (Fsp3) is 0.375. The first-order valence-electron chi connectivity index (χ1n) is 3.28. The average molecular weight is 123 g/mol. The predicted octanol–water partition coefficient (Wildman–Crippen LogP) is 2.42. The summed E-state index contributed by atoms with van der Waals surface area (Å²) in [7, 11) is 0. The van der Waals surface area contributed by atoms with Crippen LogP contribution in [0.4, 0.5) is 0 Å². The molecule has 0 N–H and O–H groups in total. The minimum Gasteiger partial charge on any atom is -0.470 e. The highest BCUT2D eigenvalue weighted by molar-refractivity contribution is 5.11. The number of ether oxygens (including phenoxy) is 1. The van der Waals surface area contributed by atoms with Crippen molar-refractivity contribution in [2.45, 2.75) is 19.8 Å². The van der Waals surface area contributed by atoms with Gasteiger partial charge in [0.1, 0.15) is 5.76 Å². The van der Waals surface area contributed by atoms with Gasteiger partial charge in [0.25, 0.3) is 0 Å². The van der Waals surface area contributed by atoms with Crippen LogP contribution in [0, 0.1) is 6.42 Å². The summed E-state index contributed by atoms with van der Waals surface area (Å²) in [6.45, 7) is 2.10. The highest BCUT2D eigenvalue weighted by atomic mass is 16.5. The Hall–Kier alpha value is -0.720. The number of rotatable bonds is 2. The Bertz CT molecular complexity index is 134. The van der Waals surface area contributed by atoms with Gasteiger partial charge >= 0.3 is 0 Å². The molecule has 0 saturated heterocycles. The molecule has 0 saturated carbocycles. The summed E-state index contributed by atoms with van der Waals surface area (Å²) in [6.07, 6.45) is 9.92. The van der Waals surface area contributed by atoms with Crippen LogP contribution >= 0.6 is 0 Å². The predicted molar refractivity (Wildman–Crippen MR) is 37.5 cm³/mol. The van der Waals surface area contributed by atoms with E-state index < -0.39 is 0 Å². The molecule has 1 heteroatoms. The topological polar surface area (TPSA) is 9.23 Å². The average Bonchev–Trinajstić information content (AvgIpc) is 1.91. The molecule has 0 aromatic heterocycles. The van der Waals surface area contributed by atoms with Crippen LogP contribution in [-0.4, -0.2) is 0 Å². The van der Waals surface area contributed by atoms with E-state index in [1.807, 2.05) is 6.08 Å². The maximum absolute atomic E-state index is 5.14. The summed E-state index contributed by atoms with van der Waals surface area (Å²) < 4.78 is 5.14. The number of allylic oxidation sites excluding steroid dienone is 3. The third-order valence-corrected chi connectivity index (χ3v) is 1.16. The van der Waals surface area contributed by atoms with E-state index in [0.717, 1.165) is 18.6 Å². The van der Waals surface area contributed by atoms with Gasteiger partial charge < -0.3 is 4.74 Å². The van der Waals surface area contributed by atoms with E-state index in [1.54, 1.807) is 6.26 Å². The molecule has 0 spiro atoms. The Morgan fingerprint density at radius 3 is 3.22 bits per heavy atom. The van der Waals surface area contributed by atoms with Crippen LogP contribution in [0.5, 0.6) is 0 Å². The molecule has 0 aromatic rings. The zero-order chi connectivity index (χ0) is 6.53. The summed E-state index contributed by atoms with van der Waals surface area (Å²) in [6, 6.07) is 0. The highest BCUT2D eigenvalue weighted by Gasteiger charge is 1.96. The van der Waals surface area contributed by atoms with Crippen molar-refractivity contribution < 1.29 is 4.74 Å². The molecule has 1 heterocycles. The van der Waals surface area contributed by atoms with E-state index in [0.29, 0.717) is 0 Å². The molecule has 0 aromatic carbocycles. The number of hydrogen-bond donors (Lipinski definition) is 0. The molecule has 0 bridgehead atoms. The Labute approximate surface area is 56.0 Å². The lowest BCUT2D eigenvalue weighted by molar-refractivity contribution is 0.347. The normalized spacial score (nSPS) is 16.8. The van der Waals surface area contributed by atoms with Crippen LogP contribution in [-0.2, 0) is 4.74 Å². The van der Waals surface area contributed by atoms with E-state index in [4.69, 9.17) is 4.74 Å². The van der Waals surface area contributed by atoms with Gasteiger partial charge in [0, 0.05) is 6.42 Å². The standard InChI is InChI=1S/C8H11O/c1-2-5-8-6-3-4-7-9-8/h4-7H,2-3H2,1H3. The maximum Gasteiger partial charge on any atom is 0.103 e. The second kappa shape index (κ2) is 3.33. The van der Waals surface area contributed by atoms with Crippen molar-refractivity contribution in [2.24, 2.45) is 0 Å². The van der Waals surface area contributed by atoms with Crippen LogP contribution in [0.3, 0.4) is 0 Å². The molecule has 0 aliphatic carbocycles. The summed E-state index contributed by atoms with van der Waals surface area (Å²) in [5.41, 5.74) is 0. The lowest BCUT2D eigenvalue weighted by Crippen LogP contribution is -1.89. The molecular formula is C8H11O. The van der Waals surface area contributed by atoms with Crippen LogP contribution in [0.2, 0.25) is 0 Å².